The first kappa shape index (κ1) is 14.9. The van der Waals surface area contributed by atoms with Gasteiger partial charge < -0.3 is 5.11 Å². The molecule has 0 spiro atoms. The van der Waals surface area contributed by atoms with Crippen LogP contribution in [0.3, 0.4) is 0 Å². The lowest BCUT2D eigenvalue weighted by Gasteiger charge is -2.07. The van der Waals surface area contributed by atoms with Gasteiger partial charge in [0.05, 0.1) is 5.56 Å². The Balaban J connectivity index is 2.71. The summed E-state index contributed by atoms with van der Waals surface area (Å²) in [4.78, 5) is 15.5. The van der Waals surface area contributed by atoms with Crippen LogP contribution >= 0.6 is 11.3 Å². The van der Waals surface area contributed by atoms with E-state index in [1.54, 1.807) is 0 Å². The number of carboxylic acid groups (broad SMARTS) is 1. The molecule has 0 unspecified atom stereocenters. The summed E-state index contributed by atoms with van der Waals surface area (Å²) in [5, 5.41) is 9.60. The van der Waals surface area contributed by atoms with Gasteiger partial charge >= 0.3 is 12.1 Å². The van der Waals surface area contributed by atoms with Crippen molar-refractivity contribution < 1.29 is 36.3 Å². The fraction of sp³-hybridized carbons (Fsp3) is 0.286. The summed E-state index contributed by atoms with van der Waals surface area (Å²) in [6.07, 6.45) is -4.68. The highest BCUT2D eigenvalue weighted by Crippen LogP contribution is 2.20. The number of aromatic carboxylic acids is 1. The van der Waals surface area contributed by atoms with Crippen molar-refractivity contribution in [2.75, 3.05) is 6.61 Å². The van der Waals surface area contributed by atoms with Crippen LogP contribution in [0.25, 0.3) is 0 Å². The highest BCUT2D eigenvalue weighted by Gasteiger charge is 2.29. The highest BCUT2D eigenvalue weighted by atomic mass is 32.2. The molecule has 0 saturated heterocycles. The number of hydrogen-bond donors (Lipinski definition) is 2. The van der Waals surface area contributed by atoms with Gasteiger partial charge in [-0.25, -0.2) is 13.2 Å². The zero-order chi connectivity index (χ0) is 14.0. The largest absolute Gasteiger partial charge is 0.478 e. The third-order valence-electron chi connectivity index (χ3n) is 1.49. The smallest absolute Gasteiger partial charge is 0.413 e. The molecule has 0 atom stereocenters. The van der Waals surface area contributed by atoms with Crippen molar-refractivity contribution in [2.45, 2.75) is 10.4 Å². The predicted molar refractivity (Wildman–Crippen MR) is 53.6 cm³/mol. The van der Waals surface area contributed by atoms with Crippen molar-refractivity contribution in [3.63, 3.8) is 0 Å². The van der Waals surface area contributed by atoms with E-state index in [4.69, 9.17) is 5.11 Å². The fourth-order valence-corrected chi connectivity index (χ4v) is 2.74. The Morgan fingerprint density at radius 3 is 2.56 bits per heavy atom. The summed E-state index contributed by atoms with van der Waals surface area (Å²) in [5.41, 5.74) is -0.281. The maximum Gasteiger partial charge on any atom is 0.413 e. The lowest BCUT2D eigenvalue weighted by atomic mass is 10.4. The van der Waals surface area contributed by atoms with Crippen LogP contribution in [-0.2, 0) is 14.9 Å². The Bertz CT molecular complexity index is 536. The maximum absolute atomic E-state index is 11.7. The van der Waals surface area contributed by atoms with E-state index in [2.05, 4.69) is 4.84 Å². The van der Waals surface area contributed by atoms with E-state index in [-0.39, 0.29) is 5.56 Å². The lowest BCUT2D eigenvalue weighted by molar-refractivity contribution is -0.181. The third-order valence-corrected chi connectivity index (χ3v) is 4.15. The molecule has 0 aliphatic heterocycles. The van der Waals surface area contributed by atoms with Crippen LogP contribution in [0.15, 0.2) is 15.7 Å². The number of nitrogens with one attached hydrogen (secondary N) is 1. The molecule has 2 N–H and O–H groups in total. The number of halogens is 3. The minimum Gasteiger partial charge on any atom is -0.478 e. The molecule has 6 nitrogen and oxygen atoms in total. The van der Waals surface area contributed by atoms with Crippen molar-refractivity contribution in [2.24, 2.45) is 0 Å². The SMILES string of the molecule is O=C(O)c1csc(S(=O)(=O)NOCC(F)(F)F)c1. The minimum absolute atomic E-state index is 0.281. The normalized spacial score (nSPS) is 12.6. The Morgan fingerprint density at radius 2 is 2.11 bits per heavy atom. The van der Waals surface area contributed by atoms with Crippen LogP contribution in [0.5, 0.6) is 0 Å². The Kier molecular flexibility index (Phi) is 4.32. The third kappa shape index (κ3) is 4.25. The predicted octanol–water partition coefficient (Wildman–Crippen LogP) is 1.22. The van der Waals surface area contributed by atoms with Crippen LogP contribution in [0.2, 0.25) is 0 Å². The number of rotatable bonds is 5. The maximum atomic E-state index is 11.7. The minimum atomic E-state index is -4.68. The number of alkyl halides is 3. The summed E-state index contributed by atoms with van der Waals surface area (Å²) < 4.78 is 57.4. The van der Waals surface area contributed by atoms with Crippen molar-refractivity contribution in [3.05, 3.63) is 17.0 Å². The van der Waals surface area contributed by atoms with E-state index >= 15 is 0 Å². The van der Waals surface area contributed by atoms with Crippen LogP contribution in [0.1, 0.15) is 10.4 Å². The number of hydrogen-bond acceptors (Lipinski definition) is 5. The van der Waals surface area contributed by atoms with E-state index in [0.29, 0.717) is 11.3 Å². The van der Waals surface area contributed by atoms with Crippen molar-refractivity contribution >= 4 is 27.3 Å². The second-order valence-electron chi connectivity index (χ2n) is 2.95. The zero-order valence-corrected chi connectivity index (χ0v) is 10.0. The molecule has 18 heavy (non-hydrogen) atoms. The van der Waals surface area contributed by atoms with Crippen molar-refractivity contribution in [1.82, 2.24) is 4.89 Å². The average molecular weight is 305 g/mol. The quantitative estimate of drug-likeness (QED) is 0.798. The Morgan fingerprint density at radius 1 is 1.50 bits per heavy atom. The second kappa shape index (κ2) is 5.22. The van der Waals surface area contributed by atoms with Gasteiger partial charge in [-0.15, -0.1) is 11.3 Å². The van der Waals surface area contributed by atoms with E-state index < -0.39 is 33.0 Å². The molecule has 102 valence electrons. The summed E-state index contributed by atoms with van der Waals surface area (Å²) in [7, 11) is -4.31. The molecule has 1 aromatic rings. The van der Waals surface area contributed by atoms with E-state index in [9.17, 15) is 26.4 Å². The molecule has 0 bridgehead atoms. The molecule has 1 rings (SSSR count). The first-order valence-corrected chi connectivity index (χ1v) is 6.50. The Labute approximate surface area is 103 Å². The average Bonchev–Trinajstić information content (AvgIpc) is 2.63. The summed E-state index contributed by atoms with van der Waals surface area (Å²) >= 11 is 0.550. The lowest BCUT2D eigenvalue weighted by Crippen LogP contribution is -2.29. The van der Waals surface area contributed by atoms with E-state index in [1.807, 2.05) is 0 Å². The second-order valence-corrected chi connectivity index (χ2v) is 5.73. The first-order valence-electron chi connectivity index (χ1n) is 4.14. The Hall–Kier alpha value is -1.17. The fourth-order valence-electron chi connectivity index (χ4n) is 0.800. The summed E-state index contributed by atoms with van der Waals surface area (Å²) in [6, 6.07) is 0.812. The van der Waals surface area contributed by atoms with Crippen molar-refractivity contribution in [1.29, 1.82) is 0 Å². The van der Waals surface area contributed by atoms with Gasteiger partial charge in [-0.05, 0) is 6.07 Å². The van der Waals surface area contributed by atoms with Gasteiger partial charge in [-0.3, -0.25) is 4.84 Å². The van der Waals surface area contributed by atoms with E-state index in [0.717, 1.165) is 11.4 Å². The monoisotopic (exact) mass is 305 g/mol. The van der Waals surface area contributed by atoms with Gasteiger partial charge in [0.2, 0.25) is 0 Å². The molecular formula is C7H6F3NO5S2. The first-order chi connectivity index (χ1) is 8.12. The molecule has 0 amide bonds. The van der Waals surface area contributed by atoms with Gasteiger partial charge in [-0.1, -0.05) is 4.89 Å². The molecule has 0 radical (unpaired) electrons. The van der Waals surface area contributed by atoms with Crippen LogP contribution in [0, 0.1) is 0 Å². The standard InChI is InChI=1S/C7H6F3NO5S2/c8-7(9,10)3-16-11-18(14,15)5-1-4(2-17-5)6(12)13/h1-2,11H,3H2,(H,12,13). The van der Waals surface area contributed by atoms with Crippen LogP contribution in [-0.4, -0.2) is 32.3 Å². The number of carboxylic acids is 1. The topological polar surface area (TPSA) is 92.7 Å². The molecule has 0 aromatic carbocycles. The van der Waals surface area contributed by atoms with E-state index in [1.165, 1.54) is 4.89 Å². The highest BCUT2D eigenvalue weighted by molar-refractivity contribution is 7.91. The number of carbonyl (C=O) groups is 1. The summed E-state index contributed by atoms with van der Waals surface area (Å²) in [6.45, 7) is -1.79. The van der Waals surface area contributed by atoms with Gasteiger partial charge in [0, 0.05) is 5.38 Å². The molecule has 0 aliphatic rings. The van der Waals surface area contributed by atoms with Crippen molar-refractivity contribution in [3.8, 4) is 0 Å². The molecular weight excluding hydrogens is 299 g/mol. The molecule has 0 saturated carbocycles. The van der Waals surface area contributed by atoms with Gasteiger partial charge in [-0.2, -0.15) is 13.2 Å². The number of sulfonamides is 1. The van der Waals surface area contributed by atoms with Crippen LogP contribution in [0.4, 0.5) is 13.2 Å². The van der Waals surface area contributed by atoms with Gasteiger partial charge in [0.25, 0.3) is 10.0 Å². The summed E-state index contributed by atoms with van der Waals surface area (Å²) in [5.74, 6) is -1.34. The van der Waals surface area contributed by atoms with Gasteiger partial charge in [0.15, 0.2) is 6.61 Å². The van der Waals surface area contributed by atoms with Crippen LogP contribution < -0.4 is 4.89 Å². The molecule has 0 aliphatic carbocycles. The molecule has 1 aromatic heterocycles. The molecule has 11 heteroatoms. The van der Waals surface area contributed by atoms with Gasteiger partial charge in [0.1, 0.15) is 4.21 Å². The number of thiophene rings is 1. The molecule has 1 heterocycles. The molecule has 0 fully saturated rings. The zero-order valence-electron chi connectivity index (χ0n) is 8.39.